The van der Waals surface area contributed by atoms with Crippen LogP contribution in [0.1, 0.15) is 27.8 Å². The predicted molar refractivity (Wildman–Crippen MR) is 94.4 cm³/mol. The molecule has 126 valence electrons. The molecule has 0 radical (unpaired) electrons. The number of benzene rings is 1. The highest BCUT2D eigenvalue weighted by Gasteiger charge is 2.26. The van der Waals surface area contributed by atoms with Gasteiger partial charge in [0.05, 0.1) is 0 Å². The maximum atomic E-state index is 13.2. The van der Waals surface area contributed by atoms with Crippen LogP contribution in [0, 0.1) is 32.2 Å². The third-order valence-corrected chi connectivity index (χ3v) is 5.11. The van der Waals surface area contributed by atoms with Gasteiger partial charge >= 0.3 is 17.3 Å². The molecule has 2 N–H and O–H groups in total. The fourth-order valence-electron chi connectivity index (χ4n) is 2.51. The van der Waals surface area contributed by atoms with Crippen molar-refractivity contribution >= 4 is 30.9 Å². The molecule has 8 heteroatoms. The normalized spacial score (nSPS) is 11.9. The fourth-order valence-corrected chi connectivity index (χ4v) is 3.78. The van der Waals surface area contributed by atoms with Crippen molar-refractivity contribution in [3.05, 3.63) is 27.8 Å². The summed E-state index contributed by atoms with van der Waals surface area (Å²) in [6.07, 6.45) is 0. The van der Waals surface area contributed by atoms with E-state index >= 15 is 0 Å². The Morgan fingerprint density at radius 1 is 1.09 bits per heavy atom. The number of hydrogen-bond donors (Lipinski definition) is 2. The molecule has 23 heavy (non-hydrogen) atoms. The molecule has 0 aliphatic carbocycles. The smallest absolute Gasteiger partial charge is 0.423 e. The minimum absolute atomic E-state index is 0.189. The molecule has 1 aromatic carbocycles. The molecule has 1 rings (SSSR count). The van der Waals surface area contributed by atoms with Gasteiger partial charge < -0.3 is 10.0 Å². The van der Waals surface area contributed by atoms with Crippen molar-refractivity contribution in [1.82, 2.24) is 0 Å². The molecular weight excluding hydrogens is 334 g/mol. The summed E-state index contributed by atoms with van der Waals surface area (Å²) in [7, 11) is -8.20. The molecule has 0 aliphatic rings. The highest BCUT2D eigenvalue weighted by atomic mass is 32.3. The van der Waals surface area contributed by atoms with E-state index in [0.29, 0.717) is 22.3 Å². The molecule has 0 spiro atoms. The second-order valence-corrected chi connectivity index (χ2v) is 12.8. The monoisotopic (exact) mass is 356 g/mol. The standard InChI is InChI=1S/C15H22BFO4SSi/c1-10-13(7-8-23(4,5)6)11(2)15(16(18)19)12(3)14(10)9-22(17,20)21/h18-19H,9H2,1-6H3. The lowest BCUT2D eigenvalue weighted by Gasteiger charge is -2.19. The lowest BCUT2D eigenvalue weighted by molar-refractivity contribution is 0.425. The summed E-state index contributed by atoms with van der Waals surface area (Å²) in [5, 5.41) is 19.2. The van der Waals surface area contributed by atoms with E-state index in [2.05, 4.69) is 31.1 Å². The molecule has 0 atom stereocenters. The molecule has 0 saturated heterocycles. The second kappa shape index (κ2) is 6.77. The van der Waals surface area contributed by atoms with E-state index in [9.17, 15) is 22.4 Å². The average molecular weight is 356 g/mol. The first-order valence-corrected chi connectivity index (χ1v) is 12.2. The van der Waals surface area contributed by atoms with Crippen LogP contribution in [0.5, 0.6) is 0 Å². The van der Waals surface area contributed by atoms with Crippen LogP contribution in [0.3, 0.4) is 0 Å². The average Bonchev–Trinajstić information content (AvgIpc) is 2.31. The maximum absolute atomic E-state index is 13.2. The Labute approximate surface area is 139 Å². The van der Waals surface area contributed by atoms with Gasteiger partial charge in [-0.2, -0.15) is 8.42 Å². The first kappa shape index (κ1) is 19.9. The van der Waals surface area contributed by atoms with Crippen molar-refractivity contribution in [1.29, 1.82) is 0 Å². The first-order valence-electron chi connectivity index (χ1n) is 7.18. The SMILES string of the molecule is Cc1c(C#C[Si](C)(C)C)c(C)c(B(O)O)c(C)c1CS(=O)(=O)F. The Balaban J connectivity index is 3.79. The third-order valence-electron chi connectivity index (χ3n) is 3.60. The summed E-state index contributed by atoms with van der Waals surface area (Å²) in [6.45, 7) is 11.1. The topological polar surface area (TPSA) is 74.6 Å². The zero-order valence-corrected chi connectivity index (χ0v) is 16.1. The second-order valence-electron chi connectivity index (χ2n) is 6.70. The Morgan fingerprint density at radius 3 is 2.00 bits per heavy atom. The lowest BCUT2D eigenvalue weighted by Crippen LogP contribution is -2.36. The molecule has 0 heterocycles. The maximum Gasteiger partial charge on any atom is 0.489 e. The summed E-state index contributed by atoms with van der Waals surface area (Å²) < 4.78 is 35.4. The lowest BCUT2D eigenvalue weighted by atomic mass is 9.71. The van der Waals surface area contributed by atoms with Crippen LogP contribution in [-0.2, 0) is 16.0 Å². The summed E-state index contributed by atoms with van der Waals surface area (Å²) in [5.74, 6) is 2.24. The van der Waals surface area contributed by atoms with Gasteiger partial charge in [-0.25, -0.2) is 0 Å². The zero-order valence-electron chi connectivity index (χ0n) is 14.3. The van der Waals surface area contributed by atoms with Crippen LogP contribution < -0.4 is 5.46 Å². The summed E-state index contributed by atoms with van der Waals surface area (Å²) in [6, 6.07) is 0. The van der Waals surface area contributed by atoms with Crippen LogP contribution in [-0.4, -0.2) is 33.7 Å². The van der Waals surface area contributed by atoms with E-state index in [-0.39, 0.29) is 11.0 Å². The minimum Gasteiger partial charge on any atom is -0.423 e. The quantitative estimate of drug-likeness (QED) is 0.487. The van der Waals surface area contributed by atoms with Crippen LogP contribution in [0.15, 0.2) is 0 Å². The predicted octanol–water partition coefficient (Wildman–Crippen LogP) is 1.32. The molecule has 4 nitrogen and oxygen atoms in total. The Bertz CT molecular complexity index is 787. The molecule has 0 amide bonds. The van der Waals surface area contributed by atoms with Gasteiger partial charge in [0.25, 0.3) is 0 Å². The fraction of sp³-hybridized carbons (Fsp3) is 0.467. The van der Waals surface area contributed by atoms with Crippen molar-refractivity contribution in [2.45, 2.75) is 46.2 Å². The molecule has 0 fully saturated rings. The largest absolute Gasteiger partial charge is 0.489 e. The Hall–Kier alpha value is -1.14. The first-order chi connectivity index (χ1) is 10.2. The van der Waals surface area contributed by atoms with E-state index in [1.54, 1.807) is 20.8 Å². The zero-order chi connectivity index (χ0) is 18.2. The third kappa shape index (κ3) is 5.18. The van der Waals surface area contributed by atoms with E-state index in [1.165, 1.54) is 0 Å². The van der Waals surface area contributed by atoms with E-state index in [0.717, 1.165) is 0 Å². The highest BCUT2D eigenvalue weighted by molar-refractivity contribution is 7.85. The molecule has 0 saturated carbocycles. The highest BCUT2D eigenvalue weighted by Crippen LogP contribution is 2.23. The molecule has 0 unspecified atom stereocenters. The van der Waals surface area contributed by atoms with Crippen molar-refractivity contribution in [3.63, 3.8) is 0 Å². The van der Waals surface area contributed by atoms with Gasteiger partial charge in [0.1, 0.15) is 13.8 Å². The van der Waals surface area contributed by atoms with Crippen LogP contribution in [0.4, 0.5) is 3.89 Å². The molecule has 0 aromatic heterocycles. The van der Waals surface area contributed by atoms with Gasteiger partial charge in [-0.05, 0) is 48.5 Å². The Morgan fingerprint density at radius 2 is 1.61 bits per heavy atom. The van der Waals surface area contributed by atoms with Gasteiger partial charge in [-0.3, -0.25) is 0 Å². The minimum atomic E-state index is -4.74. The Kier molecular flexibility index (Phi) is 5.86. The van der Waals surface area contributed by atoms with E-state index < -0.39 is 31.2 Å². The van der Waals surface area contributed by atoms with Gasteiger partial charge in [-0.1, -0.05) is 25.6 Å². The van der Waals surface area contributed by atoms with Crippen LogP contribution >= 0.6 is 0 Å². The molecular formula is C15H22BFO4SSi. The van der Waals surface area contributed by atoms with Crippen molar-refractivity contribution in [2.24, 2.45) is 0 Å². The van der Waals surface area contributed by atoms with Crippen molar-refractivity contribution in [3.8, 4) is 11.5 Å². The summed E-state index contributed by atoms with van der Waals surface area (Å²) in [4.78, 5) is 0. The van der Waals surface area contributed by atoms with Gasteiger partial charge in [0.2, 0.25) is 0 Å². The van der Waals surface area contributed by atoms with Gasteiger partial charge in [-0.15, -0.1) is 9.43 Å². The number of hydrogen-bond acceptors (Lipinski definition) is 4. The molecule has 1 aromatic rings. The van der Waals surface area contributed by atoms with Gasteiger partial charge in [0.15, 0.2) is 0 Å². The van der Waals surface area contributed by atoms with Crippen LogP contribution in [0.2, 0.25) is 19.6 Å². The van der Waals surface area contributed by atoms with E-state index in [4.69, 9.17) is 0 Å². The van der Waals surface area contributed by atoms with Crippen molar-refractivity contribution in [2.75, 3.05) is 0 Å². The molecule has 0 aliphatic heterocycles. The molecule has 0 bridgehead atoms. The summed E-state index contributed by atoms with van der Waals surface area (Å²) >= 11 is 0. The number of rotatable bonds is 3. The van der Waals surface area contributed by atoms with Crippen molar-refractivity contribution < 1.29 is 22.4 Å². The van der Waals surface area contributed by atoms with Gasteiger partial charge in [0, 0.05) is 5.56 Å². The summed E-state index contributed by atoms with van der Waals surface area (Å²) in [5.41, 5.74) is 5.67. The van der Waals surface area contributed by atoms with E-state index in [1.807, 2.05) is 0 Å². The van der Waals surface area contributed by atoms with Crippen LogP contribution in [0.25, 0.3) is 0 Å². The number of halogens is 1.